The van der Waals surface area contributed by atoms with Crippen LogP contribution >= 0.6 is 0 Å². The van der Waals surface area contributed by atoms with Crippen LogP contribution in [0.3, 0.4) is 0 Å². The van der Waals surface area contributed by atoms with Crippen LogP contribution in [0.1, 0.15) is 28.9 Å². The summed E-state index contributed by atoms with van der Waals surface area (Å²) in [7, 11) is 0. The molecule has 2 N–H and O–H groups in total. The van der Waals surface area contributed by atoms with Gasteiger partial charge in [0, 0.05) is 32.7 Å². The molecule has 172 valence electrons. The lowest BCUT2D eigenvalue weighted by molar-refractivity contribution is -0.0285. The van der Waals surface area contributed by atoms with Crippen molar-refractivity contribution in [1.82, 2.24) is 30.1 Å². The molecule has 4 rings (SSSR count). The number of nitrogens with zero attached hydrogens (tertiary/aromatic N) is 5. The average molecular weight is 443 g/mol. The number of morpholine rings is 1. The molecule has 0 atom stereocenters. The lowest BCUT2D eigenvalue weighted by atomic mass is 9.91. The van der Waals surface area contributed by atoms with Gasteiger partial charge in [-0.2, -0.15) is 0 Å². The maximum absolute atomic E-state index is 12.5. The number of aromatic nitrogens is 3. The molecular formula is C22H30N6O4. The normalized spacial score (nSPS) is 18.4. The van der Waals surface area contributed by atoms with Crippen LogP contribution in [0.15, 0.2) is 36.5 Å². The predicted octanol–water partition coefficient (Wildman–Crippen LogP) is 0.530. The van der Waals surface area contributed by atoms with E-state index in [1.165, 1.54) is 10.2 Å². The Hall–Kier alpha value is -2.98. The van der Waals surface area contributed by atoms with E-state index in [4.69, 9.17) is 4.74 Å². The lowest BCUT2D eigenvalue weighted by Gasteiger charge is -2.37. The number of benzene rings is 1. The van der Waals surface area contributed by atoms with Crippen molar-refractivity contribution in [1.29, 1.82) is 0 Å². The molecule has 0 unspecified atom stereocenters. The zero-order chi connectivity index (χ0) is 22.4. The van der Waals surface area contributed by atoms with Crippen molar-refractivity contribution in [3.63, 3.8) is 0 Å². The summed E-state index contributed by atoms with van der Waals surface area (Å²) in [6, 6.07) is 9.91. The first kappa shape index (κ1) is 22.2. The zero-order valence-corrected chi connectivity index (χ0v) is 18.2. The Morgan fingerprint density at radius 2 is 1.78 bits per heavy atom. The van der Waals surface area contributed by atoms with Crippen LogP contribution in [-0.4, -0.2) is 93.4 Å². The highest BCUT2D eigenvalue weighted by Crippen LogP contribution is 2.24. The van der Waals surface area contributed by atoms with E-state index in [0.29, 0.717) is 58.8 Å². The average Bonchev–Trinajstić information content (AvgIpc) is 3.28. The zero-order valence-electron chi connectivity index (χ0n) is 18.2. The number of hydrogen-bond acceptors (Lipinski definition) is 6. The van der Waals surface area contributed by atoms with E-state index >= 15 is 0 Å². The number of piperidine rings is 1. The van der Waals surface area contributed by atoms with Crippen molar-refractivity contribution >= 4 is 11.9 Å². The third kappa shape index (κ3) is 5.63. The van der Waals surface area contributed by atoms with E-state index in [9.17, 15) is 14.7 Å². The first-order chi connectivity index (χ1) is 15.5. The highest BCUT2D eigenvalue weighted by atomic mass is 16.5. The molecule has 0 radical (unpaired) electrons. The Balaban J connectivity index is 1.23. The van der Waals surface area contributed by atoms with Crippen LogP contribution in [0.5, 0.6) is 0 Å². The van der Waals surface area contributed by atoms with Gasteiger partial charge in [-0.25, -0.2) is 9.48 Å². The molecule has 2 saturated heterocycles. The van der Waals surface area contributed by atoms with Crippen LogP contribution in [0.2, 0.25) is 0 Å². The van der Waals surface area contributed by atoms with Gasteiger partial charge in [0.1, 0.15) is 0 Å². The number of aliphatic hydroxyl groups is 1. The number of ether oxygens (including phenoxy) is 1. The van der Waals surface area contributed by atoms with Crippen LogP contribution < -0.4 is 5.32 Å². The quantitative estimate of drug-likeness (QED) is 0.675. The van der Waals surface area contributed by atoms with E-state index < -0.39 is 5.60 Å². The molecule has 1 aromatic carbocycles. The molecule has 32 heavy (non-hydrogen) atoms. The molecule has 0 spiro atoms. The summed E-state index contributed by atoms with van der Waals surface area (Å²) in [6.45, 7) is 3.86. The van der Waals surface area contributed by atoms with E-state index in [1.54, 1.807) is 16.0 Å². The molecule has 3 amide bonds. The van der Waals surface area contributed by atoms with Gasteiger partial charge in [-0.1, -0.05) is 35.5 Å². The maximum atomic E-state index is 12.5. The summed E-state index contributed by atoms with van der Waals surface area (Å²) in [4.78, 5) is 28.4. The summed E-state index contributed by atoms with van der Waals surface area (Å²) in [6.07, 6.45) is 3.23. The molecule has 2 aromatic rings. The third-order valence-corrected chi connectivity index (χ3v) is 6.03. The highest BCUT2D eigenvalue weighted by Gasteiger charge is 2.35. The minimum Gasteiger partial charge on any atom is -0.388 e. The van der Waals surface area contributed by atoms with E-state index in [0.717, 1.165) is 6.42 Å². The van der Waals surface area contributed by atoms with Crippen molar-refractivity contribution in [2.75, 3.05) is 45.9 Å². The number of carbonyl (C=O) groups is 2. The van der Waals surface area contributed by atoms with Gasteiger partial charge in [-0.15, -0.1) is 5.10 Å². The number of rotatable bonds is 6. The van der Waals surface area contributed by atoms with Crippen LogP contribution in [0, 0.1) is 0 Å². The molecule has 2 aliphatic heterocycles. The number of likely N-dealkylation sites (tertiary alicyclic amines) is 1. The van der Waals surface area contributed by atoms with Gasteiger partial charge < -0.3 is 25.0 Å². The molecule has 2 aliphatic rings. The second-order valence-electron chi connectivity index (χ2n) is 8.38. The van der Waals surface area contributed by atoms with Gasteiger partial charge in [0.05, 0.1) is 31.6 Å². The van der Waals surface area contributed by atoms with E-state index in [1.807, 2.05) is 30.3 Å². The highest BCUT2D eigenvalue weighted by molar-refractivity contribution is 5.92. The summed E-state index contributed by atoms with van der Waals surface area (Å²) in [5.74, 6) is -0.173. The predicted molar refractivity (Wildman–Crippen MR) is 116 cm³/mol. The van der Waals surface area contributed by atoms with Gasteiger partial charge in [-0.3, -0.25) is 4.79 Å². The largest absolute Gasteiger partial charge is 0.388 e. The summed E-state index contributed by atoms with van der Waals surface area (Å²) in [5.41, 5.74) is 0.458. The molecule has 0 aliphatic carbocycles. The smallest absolute Gasteiger partial charge is 0.317 e. The molecule has 0 bridgehead atoms. The van der Waals surface area contributed by atoms with Crippen LogP contribution in [-0.2, 0) is 17.7 Å². The lowest BCUT2D eigenvalue weighted by Crippen LogP contribution is -2.51. The van der Waals surface area contributed by atoms with E-state index in [2.05, 4.69) is 15.6 Å². The number of carbonyl (C=O) groups excluding carboxylic acids is 2. The Kier molecular flexibility index (Phi) is 7.01. The Labute approximate surface area is 187 Å². The standard InChI is InChI=1S/C22H30N6O4/c29-20(26-12-14-32-15-13-26)19-16-28(25-24-19)17-22(31)7-10-27(11-8-22)21(30)23-9-6-18-4-2-1-3-5-18/h1-5,16,31H,6-15,17H2,(H,23,30). The Morgan fingerprint density at radius 1 is 1.06 bits per heavy atom. The maximum Gasteiger partial charge on any atom is 0.317 e. The number of nitrogens with one attached hydrogen (secondary N) is 1. The van der Waals surface area contributed by atoms with Crippen molar-refractivity contribution in [3.05, 3.63) is 47.8 Å². The topological polar surface area (TPSA) is 113 Å². The van der Waals surface area contributed by atoms with Crippen molar-refractivity contribution in [2.24, 2.45) is 0 Å². The summed E-state index contributed by atoms with van der Waals surface area (Å²) < 4.78 is 6.79. The van der Waals surface area contributed by atoms with Gasteiger partial charge in [0.2, 0.25) is 0 Å². The third-order valence-electron chi connectivity index (χ3n) is 6.03. The molecule has 10 heteroatoms. The van der Waals surface area contributed by atoms with Crippen LogP contribution in [0.4, 0.5) is 4.79 Å². The Morgan fingerprint density at radius 3 is 2.50 bits per heavy atom. The fourth-order valence-electron chi connectivity index (χ4n) is 4.06. The number of hydrogen-bond donors (Lipinski definition) is 2. The van der Waals surface area contributed by atoms with Gasteiger partial charge in [0.15, 0.2) is 5.69 Å². The molecule has 0 saturated carbocycles. The minimum atomic E-state index is -0.992. The fraction of sp³-hybridized carbons (Fsp3) is 0.545. The number of amides is 3. The second-order valence-corrected chi connectivity index (χ2v) is 8.38. The van der Waals surface area contributed by atoms with Gasteiger partial charge in [0.25, 0.3) is 5.91 Å². The molecule has 3 heterocycles. The molecule has 2 fully saturated rings. The Bertz CT molecular complexity index is 904. The summed E-state index contributed by atoms with van der Waals surface area (Å²) in [5, 5.41) is 22.0. The van der Waals surface area contributed by atoms with Crippen LogP contribution in [0.25, 0.3) is 0 Å². The van der Waals surface area contributed by atoms with Gasteiger partial charge in [-0.05, 0) is 24.8 Å². The SMILES string of the molecule is O=C(NCCc1ccccc1)N1CCC(O)(Cn2cc(C(=O)N3CCOCC3)nn2)CC1. The second kappa shape index (κ2) is 10.1. The number of urea groups is 1. The van der Waals surface area contributed by atoms with E-state index in [-0.39, 0.29) is 24.2 Å². The monoisotopic (exact) mass is 442 g/mol. The summed E-state index contributed by atoms with van der Waals surface area (Å²) >= 11 is 0. The fourth-order valence-corrected chi connectivity index (χ4v) is 4.06. The van der Waals surface area contributed by atoms with Crippen molar-refractivity contribution < 1.29 is 19.4 Å². The first-order valence-corrected chi connectivity index (χ1v) is 11.1. The minimum absolute atomic E-state index is 0.109. The molecule has 10 nitrogen and oxygen atoms in total. The molecular weight excluding hydrogens is 412 g/mol. The molecule has 1 aromatic heterocycles. The first-order valence-electron chi connectivity index (χ1n) is 11.1. The van der Waals surface area contributed by atoms with Crippen molar-refractivity contribution in [2.45, 2.75) is 31.4 Å². The van der Waals surface area contributed by atoms with Gasteiger partial charge >= 0.3 is 6.03 Å². The van der Waals surface area contributed by atoms with Crippen molar-refractivity contribution in [3.8, 4) is 0 Å².